The molecule has 1 aromatic rings. The Labute approximate surface area is 102 Å². The van der Waals surface area contributed by atoms with E-state index in [1.165, 1.54) is 6.07 Å². The summed E-state index contributed by atoms with van der Waals surface area (Å²) < 4.78 is 23.9. The molecular formula is C13H20FNO2. The minimum atomic E-state index is -0.264. The van der Waals surface area contributed by atoms with E-state index < -0.39 is 0 Å². The van der Waals surface area contributed by atoms with Gasteiger partial charge < -0.3 is 15.2 Å². The van der Waals surface area contributed by atoms with E-state index in [1.807, 2.05) is 13.8 Å². The Morgan fingerprint density at radius 3 is 2.71 bits per heavy atom. The van der Waals surface area contributed by atoms with Gasteiger partial charge in [-0.25, -0.2) is 4.39 Å². The Bertz CT molecular complexity index is 342. The van der Waals surface area contributed by atoms with E-state index in [-0.39, 0.29) is 18.5 Å². The van der Waals surface area contributed by atoms with Crippen LogP contribution in [0.2, 0.25) is 0 Å². The van der Waals surface area contributed by atoms with Crippen molar-refractivity contribution in [2.75, 3.05) is 13.2 Å². The summed E-state index contributed by atoms with van der Waals surface area (Å²) in [5.41, 5.74) is 6.87. The van der Waals surface area contributed by atoms with Gasteiger partial charge >= 0.3 is 0 Å². The van der Waals surface area contributed by atoms with Crippen molar-refractivity contribution in [3.05, 3.63) is 35.1 Å². The summed E-state index contributed by atoms with van der Waals surface area (Å²) in [6.45, 7) is 5.72. The number of hydrogen-bond acceptors (Lipinski definition) is 3. The first kappa shape index (κ1) is 14.1. The average molecular weight is 241 g/mol. The zero-order valence-electron chi connectivity index (χ0n) is 10.4. The first-order valence-electron chi connectivity index (χ1n) is 5.80. The van der Waals surface area contributed by atoms with Crippen molar-refractivity contribution in [3.8, 4) is 0 Å². The Balaban J connectivity index is 2.32. The summed E-state index contributed by atoms with van der Waals surface area (Å²) in [5.74, 6) is -0.264. The molecule has 0 saturated heterocycles. The fourth-order valence-corrected chi connectivity index (χ4v) is 1.41. The lowest BCUT2D eigenvalue weighted by atomic mass is 10.1. The van der Waals surface area contributed by atoms with Crippen LogP contribution in [0.4, 0.5) is 4.39 Å². The highest BCUT2D eigenvalue weighted by Gasteiger charge is 2.02. The van der Waals surface area contributed by atoms with Gasteiger partial charge in [-0.3, -0.25) is 0 Å². The van der Waals surface area contributed by atoms with Crippen molar-refractivity contribution in [3.63, 3.8) is 0 Å². The van der Waals surface area contributed by atoms with E-state index in [0.29, 0.717) is 25.4 Å². The SMILES string of the molecule is CC(C)OCCOCc1ccc(F)c(CN)c1. The van der Waals surface area contributed by atoms with E-state index in [2.05, 4.69) is 0 Å². The second kappa shape index (κ2) is 7.37. The van der Waals surface area contributed by atoms with E-state index in [4.69, 9.17) is 15.2 Å². The molecule has 0 spiro atoms. The highest BCUT2D eigenvalue weighted by Crippen LogP contribution is 2.10. The minimum Gasteiger partial charge on any atom is -0.376 e. The van der Waals surface area contributed by atoms with Crippen LogP contribution in [-0.2, 0) is 22.6 Å². The first-order chi connectivity index (χ1) is 8.13. The number of halogens is 1. The minimum absolute atomic E-state index is 0.204. The van der Waals surface area contributed by atoms with Crippen LogP contribution in [-0.4, -0.2) is 19.3 Å². The molecule has 17 heavy (non-hydrogen) atoms. The Hall–Kier alpha value is -0.970. The molecule has 4 heteroatoms. The van der Waals surface area contributed by atoms with Crippen LogP contribution in [0.5, 0.6) is 0 Å². The van der Waals surface area contributed by atoms with Gasteiger partial charge in [0.1, 0.15) is 5.82 Å². The van der Waals surface area contributed by atoms with Crippen molar-refractivity contribution in [1.29, 1.82) is 0 Å². The van der Waals surface area contributed by atoms with Gasteiger partial charge in [-0.2, -0.15) is 0 Å². The molecule has 0 saturated carbocycles. The third-order valence-corrected chi connectivity index (χ3v) is 2.28. The second-order valence-electron chi connectivity index (χ2n) is 4.10. The van der Waals surface area contributed by atoms with Gasteiger partial charge in [-0.05, 0) is 31.5 Å². The molecule has 0 radical (unpaired) electrons. The van der Waals surface area contributed by atoms with E-state index in [1.54, 1.807) is 12.1 Å². The van der Waals surface area contributed by atoms with Gasteiger partial charge in [0.15, 0.2) is 0 Å². The van der Waals surface area contributed by atoms with Crippen LogP contribution in [0.25, 0.3) is 0 Å². The molecule has 96 valence electrons. The van der Waals surface area contributed by atoms with Crippen molar-refractivity contribution in [2.24, 2.45) is 5.73 Å². The van der Waals surface area contributed by atoms with Crippen LogP contribution in [0.15, 0.2) is 18.2 Å². The number of rotatable bonds is 7. The molecule has 1 rings (SSSR count). The average Bonchev–Trinajstić information content (AvgIpc) is 2.30. The molecule has 0 unspecified atom stereocenters. The van der Waals surface area contributed by atoms with E-state index in [0.717, 1.165) is 5.56 Å². The largest absolute Gasteiger partial charge is 0.376 e. The summed E-state index contributed by atoms with van der Waals surface area (Å²) in [4.78, 5) is 0. The predicted molar refractivity (Wildman–Crippen MR) is 65.0 cm³/mol. The maximum absolute atomic E-state index is 13.2. The van der Waals surface area contributed by atoms with Crippen LogP contribution in [0.1, 0.15) is 25.0 Å². The Kier molecular flexibility index (Phi) is 6.11. The van der Waals surface area contributed by atoms with Crippen LogP contribution >= 0.6 is 0 Å². The predicted octanol–water partition coefficient (Wildman–Crippen LogP) is 2.23. The fourth-order valence-electron chi connectivity index (χ4n) is 1.41. The lowest BCUT2D eigenvalue weighted by Crippen LogP contribution is -2.09. The zero-order chi connectivity index (χ0) is 12.7. The molecule has 2 N–H and O–H groups in total. The molecule has 1 aromatic carbocycles. The van der Waals surface area contributed by atoms with E-state index >= 15 is 0 Å². The van der Waals surface area contributed by atoms with Gasteiger partial charge in [-0.15, -0.1) is 0 Å². The zero-order valence-corrected chi connectivity index (χ0v) is 10.4. The molecule has 0 bridgehead atoms. The van der Waals surface area contributed by atoms with Gasteiger partial charge in [0.05, 0.1) is 25.9 Å². The molecule has 3 nitrogen and oxygen atoms in total. The third kappa shape index (κ3) is 5.26. The summed E-state index contributed by atoms with van der Waals surface area (Å²) in [6, 6.07) is 4.86. The standard InChI is InChI=1S/C13H20FNO2/c1-10(2)17-6-5-16-9-11-3-4-13(14)12(7-11)8-15/h3-4,7,10H,5-6,8-9,15H2,1-2H3. The third-order valence-electron chi connectivity index (χ3n) is 2.28. The lowest BCUT2D eigenvalue weighted by molar-refractivity contribution is 0.0143. The Morgan fingerprint density at radius 2 is 2.06 bits per heavy atom. The maximum Gasteiger partial charge on any atom is 0.127 e. The molecule has 0 aliphatic carbocycles. The van der Waals surface area contributed by atoms with Crippen LogP contribution < -0.4 is 5.73 Å². The van der Waals surface area contributed by atoms with E-state index in [9.17, 15) is 4.39 Å². The quantitative estimate of drug-likeness (QED) is 0.744. The Morgan fingerprint density at radius 1 is 1.29 bits per heavy atom. The van der Waals surface area contributed by atoms with Gasteiger partial charge in [0, 0.05) is 12.1 Å². The van der Waals surface area contributed by atoms with Crippen molar-refractivity contribution >= 4 is 0 Å². The van der Waals surface area contributed by atoms with Crippen molar-refractivity contribution in [1.82, 2.24) is 0 Å². The number of benzene rings is 1. The molecule has 0 amide bonds. The van der Waals surface area contributed by atoms with Crippen molar-refractivity contribution < 1.29 is 13.9 Å². The molecule has 0 fully saturated rings. The molecule has 0 heterocycles. The smallest absolute Gasteiger partial charge is 0.127 e. The van der Waals surface area contributed by atoms with Crippen molar-refractivity contribution in [2.45, 2.75) is 33.1 Å². The molecule has 0 aromatic heterocycles. The normalized spacial score (nSPS) is 11.1. The topological polar surface area (TPSA) is 44.5 Å². The highest BCUT2D eigenvalue weighted by atomic mass is 19.1. The number of hydrogen-bond donors (Lipinski definition) is 1. The second-order valence-corrected chi connectivity index (χ2v) is 4.10. The molecular weight excluding hydrogens is 221 g/mol. The molecule has 0 aliphatic heterocycles. The number of ether oxygens (including phenoxy) is 2. The molecule has 0 aliphatic rings. The summed E-state index contributed by atoms with van der Waals surface area (Å²) in [6.07, 6.45) is 0.216. The monoisotopic (exact) mass is 241 g/mol. The highest BCUT2D eigenvalue weighted by molar-refractivity contribution is 5.24. The van der Waals surface area contributed by atoms with Crippen LogP contribution in [0.3, 0.4) is 0 Å². The summed E-state index contributed by atoms with van der Waals surface area (Å²) >= 11 is 0. The summed E-state index contributed by atoms with van der Waals surface area (Å²) in [5, 5.41) is 0. The fraction of sp³-hybridized carbons (Fsp3) is 0.538. The van der Waals surface area contributed by atoms with Crippen LogP contribution in [0, 0.1) is 5.82 Å². The van der Waals surface area contributed by atoms with Gasteiger partial charge in [-0.1, -0.05) is 6.07 Å². The maximum atomic E-state index is 13.2. The first-order valence-corrected chi connectivity index (χ1v) is 5.80. The van der Waals surface area contributed by atoms with Gasteiger partial charge in [0.2, 0.25) is 0 Å². The molecule has 0 atom stereocenters. The van der Waals surface area contributed by atoms with Gasteiger partial charge in [0.25, 0.3) is 0 Å². The number of nitrogens with two attached hydrogens (primary N) is 1. The summed E-state index contributed by atoms with van der Waals surface area (Å²) in [7, 11) is 0. The lowest BCUT2D eigenvalue weighted by Gasteiger charge is -2.09.